The van der Waals surface area contributed by atoms with Crippen molar-refractivity contribution in [3.05, 3.63) is 78.9 Å². The Morgan fingerprint density at radius 2 is 1.52 bits per heavy atom. The third kappa shape index (κ3) is 3.62. The van der Waals surface area contributed by atoms with Gasteiger partial charge in [-0.1, -0.05) is 0 Å². The number of pyridine rings is 1. The van der Waals surface area contributed by atoms with Crippen LogP contribution >= 0.6 is 0 Å². The van der Waals surface area contributed by atoms with Crippen LogP contribution < -0.4 is 5.48 Å². The third-order valence-corrected chi connectivity index (χ3v) is 4.23. The topological polar surface area (TPSA) is 67.4 Å². The zero-order valence-corrected chi connectivity index (χ0v) is 14.7. The number of hydrogen-bond donors (Lipinski definition) is 2. The number of nitrogens with one attached hydrogen (secondary N) is 1. The number of halogens is 1. The van der Waals surface area contributed by atoms with E-state index >= 15 is 0 Å². The molecule has 0 aliphatic heterocycles. The minimum atomic E-state index is -0.273. The molecular weight excluding hydrogens is 343 g/mol. The number of aromatic nitrogens is 3. The Hall–Kier alpha value is -3.35. The quantitative estimate of drug-likeness (QED) is 0.421. The van der Waals surface area contributed by atoms with E-state index in [1.54, 1.807) is 37.1 Å². The Morgan fingerprint density at radius 1 is 0.852 bits per heavy atom. The van der Waals surface area contributed by atoms with E-state index in [9.17, 15) is 4.39 Å². The molecule has 6 heteroatoms. The molecule has 2 heterocycles. The summed E-state index contributed by atoms with van der Waals surface area (Å²) in [6.07, 6.45) is 3.47. The van der Waals surface area contributed by atoms with E-state index in [1.165, 1.54) is 12.1 Å². The number of imidazole rings is 1. The highest BCUT2D eigenvalue weighted by atomic mass is 19.1. The van der Waals surface area contributed by atoms with E-state index in [4.69, 9.17) is 9.82 Å². The Balaban J connectivity index is 1.81. The predicted molar refractivity (Wildman–Crippen MR) is 101 cm³/mol. The number of H-pyrrole nitrogens is 1. The highest BCUT2D eigenvalue weighted by molar-refractivity contribution is 5.81. The first-order chi connectivity index (χ1) is 13.2. The van der Waals surface area contributed by atoms with Crippen molar-refractivity contribution in [3.8, 4) is 33.9 Å². The first-order valence-electron chi connectivity index (χ1n) is 8.47. The summed E-state index contributed by atoms with van der Waals surface area (Å²) in [5, 5.41) is 0. The van der Waals surface area contributed by atoms with Crippen LogP contribution in [0.2, 0.25) is 0 Å². The van der Waals surface area contributed by atoms with Crippen molar-refractivity contribution in [1.29, 1.82) is 0 Å². The molecule has 0 bridgehead atoms. The van der Waals surface area contributed by atoms with E-state index < -0.39 is 0 Å². The van der Waals surface area contributed by atoms with Gasteiger partial charge in [0.15, 0.2) is 5.69 Å². The molecule has 0 spiro atoms. The van der Waals surface area contributed by atoms with E-state index in [2.05, 4.69) is 9.97 Å². The summed E-state index contributed by atoms with van der Waals surface area (Å²) in [5.74, 6) is 0.468. The van der Waals surface area contributed by atoms with Gasteiger partial charge in [0.2, 0.25) is 0 Å². The molecular formula is C21H18FN4O+. The lowest BCUT2D eigenvalue weighted by molar-refractivity contribution is -0.830. The van der Waals surface area contributed by atoms with Crippen LogP contribution in [0.15, 0.2) is 73.1 Å². The molecule has 0 aliphatic carbocycles. The van der Waals surface area contributed by atoms with Gasteiger partial charge in [0.25, 0.3) is 0 Å². The molecule has 4 rings (SSSR count). The maximum atomic E-state index is 13.3. The molecule has 4 aromatic rings. The average molecular weight is 361 g/mol. The number of nitrogens with zero attached hydrogens (tertiary/aromatic N) is 2. The van der Waals surface area contributed by atoms with Gasteiger partial charge in [-0.05, 0) is 48.5 Å². The SMILES string of the molecule is CO[NH2+]c1ccc(-c2nc(-c3ccc(F)cc3)c(-c3ccncc3)[nH]2)cc1. The maximum Gasteiger partial charge on any atom is 0.161 e. The molecule has 0 fully saturated rings. The summed E-state index contributed by atoms with van der Waals surface area (Å²) >= 11 is 0. The van der Waals surface area contributed by atoms with Gasteiger partial charge in [0, 0.05) is 41.2 Å². The van der Waals surface area contributed by atoms with E-state index in [0.29, 0.717) is 0 Å². The van der Waals surface area contributed by atoms with Gasteiger partial charge in [-0.15, -0.1) is 0 Å². The maximum absolute atomic E-state index is 13.3. The van der Waals surface area contributed by atoms with Gasteiger partial charge >= 0.3 is 0 Å². The molecule has 134 valence electrons. The van der Waals surface area contributed by atoms with Crippen LogP contribution in [0.5, 0.6) is 0 Å². The lowest BCUT2D eigenvalue weighted by Crippen LogP contribution is -2.75. The summed E-state index contributed by atoms with van der Waals surface area (Å²) in [5.41, 5.74) is 7.05. The van der Waals surface area contributed by atoms with Gasteiger partial charge in [0.1, 0.15) is 11.6 Å². The molecule has 2 aromatic heterocycles. The summed E-state index contributed by atoms with van der Waals surface area (Å²) in [4.78, 5) is 17.3. The molecule has 5 nitrogen and oxygen atoms in total. The molecule has 0 atom stereocenters. The summed E-state index contributed by atoms with van der Waals surface area (Å²) in [6.45, 7) is 0. The number of nitrogens with two attached hydrogens (primary N) is 1. The first-order valence-corrected chi connectivity index (χ1v) is 8.47. The van der Waals surface area contributed by atoms with E-state index in [1.807, 2.05) is 36.4 Å². The standard InChI is InChI=1S/C21H17FN4O/c1-27-26-18-8-4-16(5-9-18)21-24-19(14-2-6-17(22)7-3-14)20(25-21)15-10-12-23-13-11-15/h2-13,26H,1H3,(H,24,25)/p+1. The molecule has 0 aliphatic rings. The van der Waals surface area contributed by atoms with Crippen molar-refractivity contribution < 1.29 is 14.7 Å². The number of aromatic amines is 1. The van der Waals surface area contributed by atoms with Crippen LogP contribution in [-0.4, -0.2) is 22.1 Å². The van der Waals surface area contributed by atoms with Crippen molar-refractivity contribution in [2.45, 2.75) is 0 Å². The molecule has 3 N–H and O–H groups in total. The summed E-state index contributed by atoms with van der Waals surface area (Å²) in [7, 11) is 1.62. The molecule has 0 amide bonds. The predicted octanol–water partition coefficient (Wildman–Crippen LogP) is 3.70. The van der Waals surface area contributed by atoms with Crippen LogP contribution in [-0.2, 0) is 4.84 Å². The number of benzene rings is 2. The second kappa shape index (κ2) is 7.49. The van der Waals surface area contributed by atoms with Crippen molar-refractivity contribution in [3.63, 3.8) is 0 Å². The highest BCUT2D eigenvalue weighted by Gasteiger charge is 2.15. The lowest BCUT2D eigenvalue weighted by Gasteiger charge is -2.02. The summed E-state index contributed by atoms with van der Waals surface area (Å²) in [6, 6.07) is 18.1. The second-order valence-corrected chi connectivity index (χ2v) is 6.03. The monoisotopic (exact) mass is 361 g/mol. The van der Waals surface area contributed by atoms with Crippen molar-refractivity contribution in [2.24, 2.45) is 0 Å². The lowest BCUT2D eigenvalue weighted by atomic mass is 10.1. The van der Waals surface area contributed by atoms with Gasteiger partial charge in [-0.25, -0.2) is 14.2 Å². The second-order valence-electron chi connectivity index (χ2n) is 6.03. The van der Waals surface area contributed by atoms with Crippen LogP contribution in [0, 0.1) is 5.82 Å². The van der Waals surface area contributed by atoms with Gasteiger partial charge in [0.05, 0.1) is 18.5 Å². The largest absolute Gasteiger partial charge is 0.337 e. The van der Waals surface area contributed by atoms with Crippen molar-refractivity contribution in [1.82, 2.24) is 15.0 Å². The molecule has 0 saturated carbocycles. The smallest absolute Gasteiger partial charge is 0.161 e. The zero-order valence-electron chi connectivity index (χ0n) is 14.7. The molecule has 0 unspecified atom stereocenters. The molecule has 27 heavy (non-hydrogen) atoms. The van der Waals surface area contributed by atoms with Crippen LogP contribution in [0.25, 0.3) is 33.9 Å². The minimum Gasteiger partial charge on any atom is -0.337 e. The van der Waals surface area contributed by atoms with Crippen LogP contribution in [0.3, 0.4) is 0 Å². The third-order valence-electron chi connectivity index (χ3n) is 4.23. The van der Waals surface area contributed by atoms with Crippen LogP contribution in [0.4, 0.5) is 10.1 Å². The van der Waals surface area contributed by atoms with Gasteiger partial charge in [-0.2, -0.15) is 5.48 Å². The number of quaternary nitrogens is 1. The van der Waals surface area contributed by atoms with Crippen molar-refractivity contribution >= 4 is 5.69 Å². The Labute approximate surface area is 155 Å². The first kappa shape index (κ1) is 17.1. The Morgan fingerprint density at radius 3 is 2.19 bits per heavy atom. The number of hydrogen-bond acceptors (Lipinski definition) is 3. The Kier molecular flexibility index (Phi) is 4.74. The Bertz CT molecular complexity index is 1030. The van der Waals surface area contributed by atoms with Crippen LogP contribution in [0.1, 0.15) is 0 Å². The fourth-order valence-electron chi connectivity index (χ4n) is 2.91. The molecule has 0 radical (unpaired) electrons. The van der Waals surface area contributed by atoms with Gasteiger partial charge < -0.3 is 4.98 Å². The van der Waals surface area contributed by atoms with E-state index in [-0.39, 0.29) is 5.82 Å². The zero-order chi connectivity index (χ0) is 18.6. The summed E-state index contributed by atoms with van der Waals surface area (Å²) < 4.78 is 13.3. The van der Waals surface area contributed by atoms with E-state index in [0.717, 1.165) is 39.6 Å². The van der Waals surface area contributed by atoms with Gasteiger partial charge in [-0.3, -0.25) is 4.98 Å². The highest BCUT2D eigenvalue weighted by Crippen LogP contribution is 2.33. The number of rotatable bonds is 5. The molecule has 0 saturated heterocycles. The minimum absolute atomic E-state index is 0.273. The van der Waals surface area contributed by atoms with Crippen molar-refractivity contribution in [2.75, 3.05) is 7.11 Å². The normalized spacial score (nSPS) is 10.9. The fraction of sp³-hybridized carbons (Fsp3) is 0.0476. The molecule has 2 aromatic carbocycles. The average Bonchev–Trinajstić information content (AvgIpc) is 3.15. The fourth-order valence-corrected chi connectivity index (χ4v) is 2.91.